The van der Waals surface area contributed by atoms with Crippen molar-refractivity contribution >= 4 is 28.3 Å². The molecule has 0 unspecified atom stereocenters. The second-order valence-corrected chi connectivity index (χ2v) is 5.04. The number of rotatable bonds is 1. The summed E-state index contributed by atoms with van der Waals surface area (Å²) in [5.41, 5.74) is 1.52. The lowest BCUT2D eigenvalue weighted by atomic mass is 9.96. The van der Waals surface area contributed by atoms with Gasteiger partial charge < -0.3 is 5.32 Å². The number of hydrogen-bond acceptors (Lipinski definition) is 1. The van der Waals surface area contributed by atoms with Crippen LogP contribution in [-0.4, -0.2) is 6.54 Å². The van der Waals surface area contributed by atoms with Crippen molar-refractivity contribution in [1.29, 1.82) is 0 Å². The summed E-state index contributed by atoms with van der Waals surface area (Å²) in [5.74, 6) is -0.0578. The van der Waals surface area contributed by atoms with E-state index < -0.39 is 0 Å². The Bertz CT molecular complexity index is 364. The molecule has 90 valence electrons. The highest BCUT2D eigenvalue weighted by atomic mass is 79.9. The van der Waals surface area contributed by atoms with E-state index in [9.17, 15) is 4.39 Å². The summed E-state index contributed by atoms with van der Waals surface area (Å²) in [6.07, 6.45) is 3.42. The number of aryl methyl sites for hydroxylation is 1. The summed E-state index contributed by atoms with van der Waals surface area (Å²) in [5, 5.41) is 3.37. The fraction of sp³-hybridized carbons (Fsp3) is 0.500. The van der Waals surface area contributed by atoms with Crippen LogP contribution < -0.4 is 5.32 Å². The van der Waals surface area contributed by atoms with E-state index in [0.717, 1.165) is 23.0 Å². The maximum Gasteiger partial charge on any atom is 0.130 e. The van der Waals surface area contributed by atoms with Crippen LogP contribution in [0.3, 0.4) is 0 Å². The summed E-state index contributed by atoms with van der Waals surface area (Å²) in [7, 11) is 0. The van der Waals surface area contributed by atoms with E-state index in [4.69, 9.17) is 0 Å². The standard InChI is InChI=1S/C12H15BrFN.ClH/c1-8-6-9(13)7-10(12(8)14)11-4-2-3-5-15-11;/h6-7,11,15H,2-5H2,1H3;1H/t11-;/m0./s1. The summed E-state index contributed by atoms with van der Waals surface area (Å²) in [6.45, 7) is 2.81. The molecule has 0 aliphatic carbocycles. The van der Waals surface area contributed by atoms with Gasteiger partial charge in [-0.25, -0.2) is 4.39 Å². The van der Waals surface area contributed by atoms with Gasteiger partial charge in [-0.05, 0) is 44.0 Å². The lowest BCUT2D eigenvalue weighted by Crippen LogP contribution is -2.27. The fourth-order valence-corrected chi connectivity index (χ4v) is 2.71. The molecule has 1 aromatic carbocycles. The third kappa shape index (κ3) is 2.96. The molecule has 16 heavy (non-hydrogen) atoms. The average molecular weight is 309 g/mol. The van der Waals surface area contributed by atoms with E-state index in [1.54, 1.807) is 0 Å². The molecule has 1 nitrogen and oxygen atoms in total. The van der Waals surface area contributed by atoms with Gasteiger partial charge in [0, 0.05) is 16.1 Å². The van der Waals surface area contributed by atoms with E-state index in [1.807, 2.05) is 19.1 Å². The van der Waals surface area contributed by atoms with Crippen molar-refractivity contribution in [1.82, 2.24) is 5.32 Å². The van der Waals surface area contributed by atoms with Crippen molar-refractivity contribution in [2.45, 2.75) is 32.2 Å². The lowest BCUT2D eigenvalue weighted by Gasteiger charge is -2.24. The van der Waals surface area contributed by atoms with Crippen molar-refractivity contribution in [2.75, 3.05) is 6.54 Å². The Morgan fingerprint density at radius 2 is 2.12 bits per heavy atom. The van der Waals surface area contributed by atoms with Crippen molar-refractivity contribution in [3.8, 4) is 0 Å². The predicted octanol–water partition coefficient (Wildman–Crippen LogP) is 4.13. The van der Waals surface area contributed by atoms with Gasteiger partial charge in [-0.1, -0.05) is 22.4 Å². The summed E-state index contributed by atoms with van der Waals surface area (Å²) >= 11 is 3.42. The summed E-state index contributed by atoms with van der Waals surface area (Å²) < 4.78 is 14.9. The maximum absolute atomic E-state index is 13.9. The lowest BCUT2D eigenvalue weighted by molar-refractivity contribution is 0.399. The van der Waals surface area contributed by atoms with Gasteiger partial charge >= 0.3 is 0 Å². The minimum Gasteiger partial charge on any atom is -0.310 e. The molecule has 0 saturated carbocycles. The number of benzene rings is 1. The van der Waals surface area contributed by atoms with Gasteiger partial charge in [0.25, 0.3) is 0 Å². The van der Waals surface area contributed by atoms with Gasteiger partial charge in [0.15, 0.2) is 0 Å². The molecular formula is C12H16BrClFN. The zero-order valence-electron chi connectivity index (χ0n) is 9.22. The molecule has 1 N–H and O–H groups in total. The van der Waals surface area contributed by atoms with Crippen molar-refractivity contribution in [3.05, 3.63) is 33.5 Å². The molecule has 0 spiro atoms. The zero-order chi connectivity index (χ0) is 10.8. The van der Waals surface area contributed by atoms with Crippen molar-refractivity contribution in [3.63, 3.8) is 0 Å². The molecule has 0 radical (unpaired) electrons. The quantitative estimate of drug-likeness (QED) is 0.822. The van der Waals surface area contributed by atoms with Crippen LogP contribution in [0.1, 0.15) is 36.4 Å². The van der Waals surface area contributed by atoms with Gasteiger partial charge in [0.2, 0.25) is 0 Å². The van der Waals surface area contributed by atoms with Gasteiger partial charge in [-0.3, -0.25) is 0 Å². The first-order valence-electron chi connectivity index (χ1n) is 5.37. The van der Waals surface area contributed by atoms with Gasteiger partial charge in [0.05, 0.1) is 0 Å². The van der Waals surface area contributed by atoms with E-state index >= 15 is 0 Å². The number of hydrogen-bond donors (Lipinski definition) is 1. The van der Waals surface area contributed by atoms with Crippen LogP contribution in [0.2, 0.25) is 0 Å². The van der Waals surface area contributed by atoms with Crippen LogP contribution in [0.5, 0.6) is 0 Å². The van der Waals surface area contributed by atoms with E-state index in [-0.39, 0.29) is 24.3 Å². The van der Waals surface area contributed by atoms with Gasteiger partial charge in [-0.2, -0.15) is 0 Å². The van der Waals surface area contributed by atoms with Crippen LogP contribution in [-0.2, 0) is 0 Å². The van der Waals surface area contributed by atoms with E-state index in [1.165, 1.54) is 12.8 Å². The van der Waals surface area contributed by atoms with Crippen molar-refractivity contribution < 1.29 is 4.39 Å². The minimum absolute atomic E-state index is 0. The third-order valence-corrected chi connectivity index (χ3v) is 3.39. The molecule has 4 heteroatoms. The molecule has 1 saturated heterocycles. The number of nitrogens with one attached hydrogen (secondary N) is 1. The predicted molar refractivity (Wildman–Crippen MR) is 70.7 cm³/mol. The first kappa shape index (κ1) is 13.9. The van der Waals surface area contributed by atoms with Crippen LogP contribution in [0.4, 0.5) is 4.39 Å². The Morgan fingerprint density at radius 1 is 1.38 bits per heavy atom. The van der Waals surface area contributed by atoms with Crippen LogP contribution in [0, 0.1) is 12.7 Å². The van der Waals surface area contributed by atoms with Crippen molar-refractivity contribution in [2.24, 2.45) is 0 Å². The third-order valence-electron chi connectivity index (χ3n) is 2.93. The molecule has 0 amide bonds. The topological polar surface area (TPSA) is 12.0 Å². The average Bonchev–Trinajstić information content (AvgIpc) is 2.24. The highest BCUT2D eigenvalue weighted by molar-refractivity contribution is 9.10. The molecule has 0 aromatic heterocycles. The smallest absolute Gasteiger partial charge is 0.130 e. The first-order valence-corrected chi connectivity index (χ1v) is 6.16. The maximum atomic E-state index is 13.9. The Kier molecular flexibility index (Phi) is 5.22. The Balaban J connectivity index is 0.00000128. The number of piperidine rings is 1. The summed E-state index contributed by atoms with van der Waals surface area (Å²) in [6, 6.07) is 3.91. The Morgan fingerprint density at radius 3 is 2.75 bits per heavy atom. The highest BCUT2D eigenvalue weighted by Gasteiger charge is 2.19. The molecule has 1 aromatic rings. The molecule has 1 aliphatic heterocycles. The van der Waals surface area contributed by atoms with Crippen LogP contribution in [0.25, 0.3) is 0 Å². The molecule has 1 fully saturated rings. The minimum atomic E-state index is -0.0578. The molecule has 1 atom stereocenters. The normalized spacial score (nSPS) is 20.3. The highest BCUT2D eigenvalue weighted by Crippen LogP contribution is 2.29. The molecule has 0 bridgehead atoms. The molecule has 1 heterocycles. The Hall–Kier alpha value is -0.120. The fourth-order valence-electron chi connectivity index (χ4n) is 2.12. The van der Waals surface area contributed by atoms with Gasteiger partial charge in [0.1, 0.15) is 5.82 Å². The second kappa shape index (κ2) is 5.99. The van der Waals surface area contributed by atoms with Gasteiger partial charge in [-0.15, -0.1) is 12.4 Å². The van der Waals surface area contributed by atoms with Crippen LogP contribution >= 0.6 is 28.3 Å². The van der Waals surface area contributed by atoms with E-state index in [0.29, 0.717) is 5.56 Å². The summed E-state index contributed by atoms with van der Waals surface area (Å²) in [4.78, 5) is 0. The largest absolute Gasteiger partial charge is 0.310 e. The second-order valence-electron chi connectivity index (χ2n) is 4.13. The monoisotopic (exact) mass is 307 g/mol. The van der Waals surface area contributed by atoms with E-state index in [2.05, 4.69) is 21.2 Å². The molecular weight excluding hydrogens is 292 g/mol. The molecule has 1 aliphatic rings. The number of halogens is 3. The van der Waals surface area contributed by atoms with Crippen LogP contribution in [0.15, 0.2) is 16.6 Å². The Labute approximate surface area is 110 Å². The SMILES string of the molecule is Cc1cc(Br)cc([C@@H]2CCCCN2)c1F.Cl. The zero-order valence-corrected chi connectivity index (χ0v) is 11.6. The molecule has 2 rings (SSSR count). The first-order chi connectivity index (χ1) is 7.18.